The minimum absolute atomic E-state index is 0.0107. The highest BCUT2D eigenvalue weighted by atomic mass is 32.3. The minimum atomic E-state index is -4.84. The SMILES string of the molecule is CCN(C)CCS(=O)(=O)c1ccc(N=Nc2c(C(O)O)[nH]n(-c3ccc(S(=O)(=O)CCOS(=O)(=O)O)cc3)c2=O)c(SOOO)c1. The van der Waals surface area contributed by atoms with E-state index in [0.29, 0.717) is 18.6 Å². The normalized spacial score (nSPS) is 13.0. The van der Waals surface area contributed by atoms with Gasteiger partial charge in [0.1, 0.15) is 11.4 Å². The van der Waals surface area contributed by atoms with E-state index in [4.69, 9.17) is 9.81 Å². The molecule has 0 aliphatic rings. The Morgan fingerprint density at radius 1 is 0.978 bits per heavy atom. The number of hydrogen-bond donors (Lipinski definition) is 5. The maximum atomic E-state index is 13.2. The van der Waals surface area contributed by atoms with Crippen LogP contribution >= 0.6 is 12.0 Å². The summed E-state index contributed by atoms with van der Waals surface area (Å²) in [4.78, 5) is 14.6. The van der Waals surface area contributed by atoms with E-state index in [1.807, 2.05) is 6.92 Å². The van der Waals surface area contributed by atoms with E-state index in [-0.39, 0.29) is 38.4 Å². The van der Waals surface area contributed by atoms with E-state index in [9.17, 15) is 40.3 Å². The molecule has 1 heterocycles. The molecule has 19 nitrogen and oxygen atoms in total. The number of rotatable bonds is 17. The first kappa shape index (κ1) is 37.4. The molecule has 3 rings (SSSR count). The smallest absolute Gasteiger partial charge is 0.363 e. The maximum Gasteiger partial charge on any atom is 0.397 e. The van der Waals surface area contributed by atoms with Crippen molar-refractivity contribution in [2.24, 2.45) is 10.2 Å². The van der Waals surface area contributed by atoms with Crippen LogP contribution in [0.5, 0.6) is 0 Å². The third-order valence-electron chi connectivity index (χ3n) is 6.17. The van der Waals surface area contributed by atoms with Gasteiger partial charge in [-0.3, -0.25) is 14.4 Å². The second-order valence-electron chi connectivity index (χ2n) is 9.22. The van der Waals surface area contributed by atoms with Crippen LogP contribution in [0.1, 0.15) is 18.9 Å². The van der Waals surface area contributed by atoms with E-state index in [1.54, 1.807) is 11.9 Å². The van der Waals surface area contributed by atoms with Gasteiger partial charge in [0.2, 0.25) is 0 Å². The molecule has 0 bridgehead atoms. The van der Waals surface area contributed by atoms with Crippen LogP contribution in [-0.4, -0.2) is 98.2 Å². The van der Waals surface area contributed by atoms with E-state index in [2.05, 4.69) is 28.9 Å². The van der Waals surface area contributed by atoms with Gasteiger partial charge in [0, 0.05) is 6.54 Å². The molecular weight excluding hydrogens is 699 g/mol. The molecule has 0 aliphatic heterocycles. The molecule has 46 heavy (non-hydrogen) atoms. The fourth-order valence-electron chi connectivity index (χ4n) is 3.62. The van der Waals surface area contributed by atoms with Crippen molar-refractivity contribution in [1.82, 2.24) is 14.7 Å². The molecule has 1 aromatic heterocycles. The van der Waals surface area contributed by atoms with Crippen LogP contribution in [-0.2, 0) is 43.6 Å². The van der Waals surface area contributed by atoms with Gasteiger partial charge < -0.3 is 15.1 Å². The molecule has 2 aromatic carbocycles. The summed E-state index contributed by atoms with van der Waals surface area (Å²) in [5.41, 5.74) is -2.08. The number of aromatic amines is 1. The topological polar surface area (TPSA) is 277 Å². The molecule has 0 radical (unpaired) electrons. The second-order valence-corrected chi connectivity index (χ2v) is 15.3. The molecule has 0 saturated heterocycles. The summed E-state index contributed by atoms with van der Waals surface area (Å²) >= 11 is 0.377. The average Bonchev–Trinajstić information content (AvgIpc) is 3.33. The highest BCUT2D eigenvalue weighted by Gasteiger charge is 2.23. The Hall–Kier alpha value is -3.07. The minimum Gasteiger partial charge on any atom is -0.363 e. The number of aromatic nitrogens is 2. The van der Waals surface area contributed by atoms with Crippen molar-refractivity contribution in [3.8, 4) is 5.69 Å². The first-order valence-corrected chi connectivity index (χ1v) is 18.2. The molecule has 0 amide bonds. The monoisotopic (exact) mass is 727 g/mol. The number of nitrogens with one attached hydrogen (secondary N) is 1. The third-order valence-corrected chi connectivity index (χ3v) is 10.7. The third kappa shape index (κ3) is 9.96. The van der Waals surface area contributed by atoms with E-state index < -0.39 is 65.7 Å². The van der Waals surface area contributed by atoms with Crippen LogP contribution in [0.3, 0.4) is 0 Å². The van der Waals surface area contributed by atoms with Gasteiger partial charge in [0.05, 0.1) is 50.5 Å². The maximum absolute atomic E-state index is 13.2. The first-order valence-electron chi connectivity index (χ1n) is 12.8. The molecule has 0 atom stereocenters. The number of aliphatic hydroxyl groups is 2. The van der Waals surface area contributed by atoms with Crippen molar-refractivity contribution < 1.29 is 58.8 Å². The Bertz CT molecular complexity index is 1920. The molecule has 254 valence electrons. The van der Waals surface area contributed by atoms with Crippen LogP contribution in [0, 0.1) is 0 Å². The number of hydrogen-bond acceptors (Lipinski definition) is 17. The summed E-state index contributed by atoms with van der Waals surface area (Å²) in [5.74, 6) is -0.992. The second kappa shape index (κ2) is 15.7. The molecular formula is C23H29N5O14S4. The average molecular weight is 728 g/mol. The molecule has 0 aliphatic carbocycles. The van der Waals surface area contributed by atoms with Crippen LogP contribution < -0.4 is 5.56 Å². The molecule has 3 aromatic rings. The first-order chi connectivity index (χ1) is 21.5. The largest absolute Gasteiger partial charge is 0.397 e. The fraction of sp³-hybridized carbons (Fsp3) is 0.348. The van der Waals surface area contributed by atoms with Crippen LogP contribution in [0.4, 0.5) is 11.4 Å². The zero-order chi connectivity index (χ0) is 34.3. The van der Waals surface area contributed by atoms with Crippen LogP contribution in [0.15, 0.2) is 72.2 Å². The number of nitrogens with zero attached hydrogens (tertiary/aromatic N) is 4. The summed E-state index contributed by atoms with van der Waals surface area (Å²) in [6, 6.07) is 8.20. The van der Waals surface area contributed by atoms with Gasteiger partial charge in [-0.05, 0) is 56.1 Å². The lowest BCUT2D eigenvalue weighted by Gasteiger charge is -2.14. The summed E-state index contributed by atoms with van der Waals surface area (Å²) in [7, 11) is -10.9. The van der Waals surface area contributed by atoms with Crippen LogP contribution in [0.25, 0.3) is 5.69 Å². The lowest BCUT2D eigenvalue weighted by atomic mass is 10.3. The predicted molar refractivity (Wildman–Crippen MR) is 160 cm³/mol. The van der Waals surface area contributed by atoms with Crippen molar-refractivity contribution in [2.45, 2.75) is 27.9 Å². The van der Waals surface area contributed by atoms with Crippen molar-refractivity contribution in [1.29, 1.82) is 0 Å². The standard InChI is InChI=1S/C23H29N5O14S4/c1-3-27(2)10-12-44(33,34)17-8-9-18(19(14-17)43-42-41-32)24-25-20-21(23(30)31)26-28(22(20)29)15-4-6-16(7-5-15)45(35,36)13-11-40-46(37,38)39/h4-9,14,23,26,30-32H,3,10-13H2,1-2H3,(H,37,38,39). The quantitative estimate of drug-likeness (QED) is 0.0327. The van der Waals surface area contributed by atoms with Gasteiger partial charge in [-0.25, -0.2) is 31.0 Å². The molecule has 0 saturated carbocycles. The van der Waals surface area contributed by atoms with Crippen molar-refractivity contribution in [3.63, 3.8) is 0 Å². The molecule has 0 spiro atoms. The Labute approximate surface area is 266 Å². The zero-order valence-electron chi connectivity index (χ0n) is 23.9. The van der Waals surface area contributed by atoms with Crippen molar-refractivity contribution in [3.05, 3.63) is 58.5 Å². The van der Waals surface area contributed by atoms with Gasteiger partial charge in [0.25, 0.3) is 5.56 Å². The van der Waals surface area contributed by atoms with E-state index >= 15 is 0 Å². The lowest BCUT2D eigenvalue weighted by Crippen LogP contribution is -2.25. The number of azo groups is 1. The Morgan fingerprint density at radius 2 is 1.61 bits per heavy atom. The summed E-state index contributed by atoms with van der Waals surface area (Å²) in [5, 5.41) is 42.1. The molecule has 0 fully saturated rings. The van der Waals surface area contributed by atoms with Gasteiger partial charge >= 0.3 is 10.4 Å². The highest BCUT2D eigenvalue weighted by molar-refractivity contribution is 7.95. The molecule has 23 heteroatoms. The zero-order valence-corrected chi connectivity index (χ0v) is 27.2. The fourth-order valence-corrected chi connectivity index (χ4v) is 7.02. The summed E-state index contributed by atoms with van der Waals surface area (Å²) < 4.78 is 89.8. The van der Waals surface area contributed by atoms with E-state index in [1.165, 1.54) is 30.3 Å². The Balaban J connectivity index is 1.94. The number of aliphatic hydroxyl groups excluding tert-OH is 1. The molecule has 0 unspecified atom stereocenters. The number of benzene rings is 2. The number of H-pyrrole nitrogens is 1. The Kier molecular flexibility index (Phi) is 12.7. The van der Waals surface area contributed by atoms with Gasteiger partial charge in [-0.1, -0.05) is 12.0 Å². The van der Waals surface area contributed by atoms with Crippen molar-refractivity contribution >= 4 is 53.5 Å². The van der Waals surface area contributed by atoms with Crippen LogP contribution in [0.2, 0.25) is 0 Å². The van der Waals surface area contributed by atoms with Crippen molar-refractivity contribution in [2.75, 3.05) is 38.2 Å². The van der Waals surface area contributed by atoms with Gasteiger partial charge in [-0.2, -0.15) is 8.42 Å². The Morgan fingerprint density at radius 3 is 2.20 bits per heavy atom. The summed E-state index contributed by atoms with van der Waals surface area (Å²) in [6.07, 6.45) is -2.25. The molecule has 5 N–H and O–H groups in total. The summed E-state index contributed by atoms with van der Waals surface area (Å²) in [6.45, 7) is 1.92. The highest BCUT2D eigenvalue weighted by Crippen LogP contribution is 2.34. The van der Waals surface area contributed by atoms with Gasteiger partial charge in [-0.15, -0.1) is 14.6 Å². The van der Waals surface area contributed by atoms with E-state index in [0.717, 1.165) is 16.8 Å². The lowest BCUT2D eigenvalue weighted by molar-refractivity contribution is -0.432. The number of sulfone groups is 2. The van der Waals surface area contributed by atoms with Gasteiger partial charge in [0.15, 0.2) is 31.7 Å². The predicted octanol–water partition coefficient (Wildman–Crippen LogP) is 1.31.